The maximum atomic E-state index is 4.54. The third-order valence-electron chi connectivity index (χ3n) is 1.65. The van der Waals surface area contributed by atoms with Crippen molar-refractivity contribution >= 4 is 54.9 Å². The van der Waals surface area contributed by atoms with E-state index < -0.39 is 0 Å². The lowest BCUT2D eigenvalue weighted by Gasteiger charge is -2.03. The zero-order valence-electron chi connectivity index (χ0n) is 6.76. The van der Waals surface area contributed by atoms with Crippen LogP contribution in [0.2, 0.25) is 0 Å². The monoisotopic (exact) mass is 319 g/mol. The number of isothiocyanates is 1. The maximum absolute atomic E-state index is 4.54. The molecule has 0 radical (unpaired) electrons. The van der Waals surface area contributed by atoms with Gasteiger partial charge in [-0.1, -0.05) is 37.9 Å². The summed E-state index contributed by atoms with van der Waals surface area (Å²) >= 11 is 11.4. The van der Waals surface area contributed by atoms with Crippen LogP contribution in [0.5, 0.6) is 0 Å². The van der Waals surface area contributed by atoms with Crippen LogP contribution in [0.3, 0.4) is 0 Å². The minimum absolute atomic E-state index is 0.828. The Morgan fingerprint density at radius 2 is 1.92 bits per heavy atom. The quantitative estimate of drug-likeness (QED) is 0.461. The Labute approximate surface area is 99.5 Å². The molecule has 0 aliphatic rings. The highest BCUT2D eigenvalue weighted by Crippen LogP contribution is 2.22. The predicted molar refractivity (Wildman–Crippen MR) is 66.4 cm³/mol. The summed E-state index contributed by atoms with van der Waals surface area (Å²) in [5.74, 6) is 0. The fourth-order valence-corrected chi connectivity index (χ4v) is 2.16. The Hall–Kier alpha value is -0.0200. The van der Waals surface area contributed by atoms with E-state index in [2.05, 4.69) is 54.2 Å². The number of halogens is 2. The number of hydrogen-bond donors (Lipinski definition) is 0. The van der Waals surface area contributed by atoms with Crippen LogP contribution >= 0.6 is 44.1 Å². The third kappa shape index (κ3) is 2.99. The number of alkyl halides is 2. The Kier molecular flexibility index (Phi) is 4.81. The van der Waals surface area contributed by atoms with Crippen molar-refractivity contribution < 1.29 is 0 Å². The van der Waals surface area contributed by atoms with E-state index in [9.17, 15) is 0 Å². The number of aliphatic imine (C=N–C) groups is 1. The molecule has 1 nitrogen and oxygen atoms in total. The average Bonchev–Trinajstić information content (AvgIpc) is 2.18. The molecule has 4 heteroatoms. The number of rotatable bonds is 3. The molecule has 0 atom stereocenters. The second kappa shape index (κ2) is 5.66. The molecule has 0 aliphatic heterocycles. The van der Waals surface area contributed by atoms with Gasteiger partial charge < -0.3 is 0 Å². The van der Waals surface area contributed by atoms with Crippen molar-refractivity contribution in [2.75, 3.05) is 0 Å². The first kappa shape index (κ1) is 11.1. The van der Waals surface area contributed by atoms with E-state index in [0.717, 1.165) is 16.3 Å². The Morgan fingerprint density at radius 1 is 1.23 bits per heavy atom. The number of hydrogen-bond acceptors (Lipinski definition) is 2. The van der Waals surface area contributed by atoms with Gasteiger partial charge in [0.2, 0.25) is 0 Å². The lowest BCUT2D eigenvalue weighted by Crippen LogP contribution is -1.86. The summed E-state index contributed by atoms with van der Waals surface area (Å²) in [5.41, 5.74) is 3.35. The van der Waals surface area contributed by atoms with Crippen LogP contribution in [0.25, 0.3) is 0 Å². The predicted octanol–water partition coefficient (Wildman–Crippen LogP) is 4.21. The lowest BCUT2D eigenvalue weighted by molar-refractivity contribution is 1.29. The summed E-state index contributed by atoms with van der Waals surface area (Å²) in [5, 5.41) is 4.04. The second-order valence-electron chi connectivity index (χ2n) is 2.42. The van der Waals surface area contributed by atoms with Gasteiger partial charge in [-0.3, -0.25) is 0 Å². The van der Waals surface area contributed by atoms with E-state index in [0.29, 0.717) is 0 Å². The average molecular weight is 321 g/mol. The van der Waals surface area contributed by atoms with Crippen molar-refractivity contribution in [2.24, 2.45) is 4.99 Å². The SMILES string of the molecule is S=C=Nc1ccc(CBr)c(CBr)c1. The molecule has 1 aromatic carbocycles. The van der Waals surface area contributed by atoms with Crippen molar-refractivity contribution in [3.05, 3.63) is 29.3 Å². The first-order valence-electron chi connectivity index (χ1n) is 3.63. The molecular formula is C9H7Br2NS. The molecule has 0 unspecified atom stereocenters. The van der Waals surface area contributed by atoms with Crippen LogP contribution < -0.4 is 0 Å². The highest BCUT2D eigenvalue weighted by molar-refractivity contribution is 9.09. The molecule has 13 heavy (non-hydrogen) atoms. The minimum Gasteiger partial charge on any atom is -0.195 e. The van der Waals surface area contributed by atoms with Crippen molar-refractivity contribution in [1.29, 1.82) is 0 Å². The molecule has 0 spiro atoms. The van der Waals surface area contributed by atoms with Gasteiger partial charge in [0.25, 0.3) is 0 Å². The fraction of sp³-hybridized carbons (Fsp3) is 0.222. The molecule has 0 saturated heterocycles. The van der Waals surface area contributed by atoms with Crippen molar-refractivity contribution in [1.82, 2.24) is 0 Å². The summed E-state index contributed by atoms with van der Waals surface area (Å²) in [6.07, 6.45) is 0. The molecule has 0 heterocycles. The van der Waals surface area contributed by atoms with Crippen LogP contribution in [0.4, 0.5) is 5.69 Å². The molecule has 68 valence electrons. The smallest absolute Gasteiger partial charge is 0.0742 e. The zero-order chi connectivity index (χ0) is 9.68. The van der Waals surface area contributed by atoms with Gasteiger partial charge in [-0.15, -0.1) is 0 Å². The third-order valence-corrected chi connectivity index (χ3v) is 2.95. The molecule has 0 aliphatic carbocycles. The highest BCUT2D eigenvalue weighted by atomic mass is 79.9. The van der Waals surface area contributed by atoms with Gasteiger partial charge in [0.05, 0.1) is 10.8 Å². The van der Waals surface area contributed by atoms with Gasteiger partial charge in [0.1, 0.15) is 0 Å². The molecule has 0 saturated carbocycles. The first-order valence-corrected chi connectivity index (χ1v) is 6.28. The summed E-state index contributed by atoms with van der Waals surface area (Å²) in [7, 11) is 0. The molecule has 1 aromatic rings. The van der Waals surface area contributed by atoms with Gasteiger partial charge in [-0.05, 0) is 35.5 Å². The van der Waals surface area contributed by atoms with Gasteiger partial charge in [0, 0.05) is 10.7 Å². The highest BCUT2D eigenvalue weighted by Gasteiger charge is 2.00. The lowest BCUT2D eigenvalue weighted by atomic mass is 10.1. The van der Waals surface area contributed by atoms with E-state index in [4.69, 9.17) is 0 Å². The van der Waals surface area contributed by atoms with Gasteiger partial charge >= 0.3 is 0 Å². The summed E-state index contributed by atoms with van der Waals surface area (Å²) in [6.45, 7) is 0. The Bertz CT molecular complexity index is 345. The number of nitrogens with zero attached hydrogens (tertiary/aromatic N) is 1. The zero-order valence-corrected chi connectivity index (χ0v) is 10.7. The van der Waals surface area contributed by atoms with Crippen molar-refractivity contribution in [3.63, 3.8) is 0 Å². The van der Waals surface area contributed by atoms with E-state index in [1.807, 2.05) is 18.2 Å². The van der Waals surface area contributed by atoms with Crippen LogP contribution in [0, 0.1) is 0 Å². The van der Waals surface area contributed by atoms with Crippen LogP contribution in [0.1, 0.15) is 11.1 Å². The number of benzene rings is 1. The Balaban J connectivity index is 3.12. The summed E-state index contributed by atoms with van der Waals surface area (Å²) in [6, 6.07) is 5.98. The first-order chi connectivity index (χ1) is 6.31. The fourth-order valence-electron chi connectivity index (χ4n) is 0.989. The summed E-state index contributed by atoms with van der Waals surface area (Å²) < 4.78 is 0. The maximum Gasteiger partial charge on any atom is 0.0742 e. The van der Waals surface area contributed by atoms with Crippen molar-refractivity contribution in [3.8, 4) is 0 Å². The largest absolute Gasteiger partial charge is 0.195 e. The number of thiocarbonyl (C=S) groups is 1. The molecule has 0 aromatic heterocycles. The van der Waals surface area contributed by atoms with Gasteiger partial charge in [0.15, 0.2) is 0 Å². The van der Waals surface area contributed by atoms with E-state index in [1.54, 1.807) is 0 Å². The summed E-state index contributed by atoms with van der Waals surface area (Å²) in [4.78, 5) is 3.92. The molecular weight excluding hydrogens is 314 g/mol. The van der Waals surface area contributed by atoms with Gasteiger partial charge in [-0.2, -0.15) is 4.99 Å². The normalized spacial score (nSPS) is 9.38. The standard InChI is InChI=1S/C9H7Br2NS/c10-4-7-1-2-9(12-6-13)3-8(7)5-11/h1-3H,4-5H2. The van der Waals surface area contributed by atoms with Crippen LogP contribution in [-0.2, 0) is 10.7 Å². The van der Waals surface area contributed by atoms with Crippen LogP contribution in [-0.4, -0.2) is 5.16 Å². The van der Waals surface area contributed by atoms with E-state index >= 15 is 0 Å². The van der Waals surface area contributed by atoms with E-state index in [1.165, 1.54) is 11.1 Å². The van der Waals surface area contributed by atoms with Crippen LogP contribution in [0.15, 0.2) is 23.2 Å². The molecule has 0 N–H and O–H groups in total. The topological polar surface area (TPSA) is 12.4 Å². The van der Waals surface area contributed by atoms with E-state index in [-0.39, 0.29) is 0 Å². The molecule has 0 amide bonds. The second-order valence-corrected chi connectivity index (χ2v) is 3.73. The molecule has 0 bridgehead atoms. The van der Waals surface area contributed by atoms with Gasteiger partial charge in [-0.25, -0.2) is 0 Å². The molecule has 0 fully saturated rings. The van der Waals surface area contributed by atoms with Crippen molar-refractivity contribution in [2.45, 2.75) is 10.7 Å². The molecule has 1 rings (SSSR count). The Morgan fingerprint density at radius 3 is 2.46 bits per heavy atom. The minimum atomic E-state index is 0.828.